The summed E-state index contributed by atoms with van der Waals surface area (Å²) in [7, 11) is -2.22. The Hall–Kier alpha value is -2.00. The smallest absolute Gasteiger partial charge is 0.321 e. The Bertz CT molecular complexity index is 781. The number of carboxylic acids is 1. The zero-order valence-corrected chi connectivity index (χ0v) is 12.0. The highest BCUT2D eigenvalue weighted by atomic mass is 32.2. The van der Waals surface area contributed by atoms with Crippen molar-refractivity contribution in [1.29, 1.82) is 0 Å². The van der Waals surface area contributed by atoms with E-state index >= 15 is 0 Å². The second-order valence-corrected chi connectivity index (χ2v) is 6.15. The highest BCUT2D eigenvalue weighted by molar-refractivity contribution is 7.89. The molecule has 0 amide bonds. The molecule has 0 aliphatic rings. The van der Waals surface area contributed by atoms with Gasteiger partial charge in [0.1, 0.15) is 10.9 Å². The molecule has 1 atom stereocenters. The first-order chi connectivity index (χ1) is 9.22. The van der Waals surface area contributed by atoms with E-state index in [0.717, 1.165) is 0 Å². The molecule has 0 aromatic carbocycles. The number of aromatic nitrogens is 3. The van der Waals surface area contributed by atoms with E-state index < -0.39 is 22.0 Å². The van der Waals surface area contributed by atoms with Crippen LogP contribution in [-0.4, -0.2) is 40.3 Å². The highest BCUT2D eigenvalue weighted by Crippen LogP contribution is 2.19. The van der Waals surface area contributed by atoms with Gasteiger partial charge < -0.3 is 5.11 Å². The molecule has 2 N–H and O–H groups in total. The van der Waals surface area contributed by atoms with Crippen LogP contribution in [0.5, 0.6) is 0 Å². The minimum atomic E-state index is -3.93. The lowest BCUT2D eigenvalue weighted by Crippen LogP contribution is -2.38. The van der Waals surface area contributed by atoms with Crippen molar-refractivity contribution in [3.05, 3.63) is 18.0 Å². The fourth-order valence-electron chi connectivity index (χ4n) is 1.79. The van der Waals surface area contributed by atoms with Crippen LogP contribution in [0.1, 0.15) is 12.6 Å². The summed E-state index contributed by atoms with van der Waals surface area (Å²) < 4.78 is 27.8. The van der Waals surface area contributed by atoms with Gasteiger partial charge in [0, 0.05) is 18.6 Å². The van der Waals surface area contributed by atoms with E-state index in [4.69, 9.17) is 5.11 Å². The molecule has 0 spiro atoms. The Morgan fingerprint density at radius 2 is 2.15 bits per heavy atom. The van der Waals surface area contributed by atoms with Crippen LogP contribution < -0.4 is 4.72 Å². The van der Waals surface area contributed by atoms with Crippen molar-refractivity contribution in [2.75, 3.05) is 0 Å². The number of nitrogens with one attached hydrogen (secondary N) is 1. The van der Waals surface area contributed by atoms with E-state index in [2.05, 4.69) is 14.8 Å². The summed E-state index contributed by atoms with van der Waals surface area (Å²) in [5, 5.41) is 13.5. The van der Waals surface area contributed by atoms with Crippen LogP contribution in [0.25, 0.3) is 11.0 Å². The molecule has 0 saturated carbocycles. The summed E-state index contributed by atoms with van der Waals surface area (Å²) in [6.45, 7) is 2.99. The van der Waals surface area contributed by atoms with E-state index in [1.54, 1.807) is 18.7 Å². The Kier molecular flexibility index (Phi) is 3.48. The molecule has 9 heteroatoms. The van der Waals surface area contributed by atoms with Crippen LogP contribution >= 0.6 is 0 Å². The van der Waals surface area contributed by atoms with Gasteiger partial charge in [-0.25, -0.2) is 13.4 Å². The molecule has 0 aliphatic carbocycles. The van der Waals surface area contributed by atoms with E-state index in [1.807, 2.05) is 0 Å². The van der Waals surface area contributed by atoms with Crippen molar-refractivity contribution in [3.8, 4) is 0 Å². The van der Waals surface area contributed by atoms with Crippen molar-refractivity contribution in [2.45, 2.75) is 24.8 Å². The standard InChI is InChI=1S/C11H14N4O4S/c1-6-9-4-8(5-12-10(9)15(3)13-6)20(18,19)14-7(2)11(16)17/h4-5,7,14H,1-3H3,(H,16,17). The molecule has 2 heterocycles. The Morgan fingerprint density at radius 1 is 1.50 bits per heavy atom. The molecule has 2 aromatic rings. The molecular weight excluding hydrogens is 284 g/mol. The number of nitrogens with zero attached hydrogens (tertiary/aromatic N) is 3. The van der Waals surface area contributed by atoms with Gasteiger partial charge in [-0.15, -0.1) is 0 Å². The fraction of sp³-hybridized carbons (Fsp3) is 0.364. The topological polar surface area (TPSA) is 114 Å². The van der Waals surface area contributed by atoms with Gasteiger partial charge in [-0.05, 0) is 19.9 Å². The molecule has 0 radical (unpaired) electrons. The second kappa shape index (κ2) is 4.84. The van der Waals surface area contributed by atoms with Gasteiger partial charge in [-0.2, -0.15) is 9.82 Å². The first-order valence-electron chi connectivity index (χ1n) is 5.77. The monoisotopic (exact) mass is 298 g/mol. The van der Waals surface area contributed by atoms with Gasteiger partial charge in [0.25, 0.3) is 0 Å². The van der Waals surface area contributed by atoms with Crippen molar-refractivity contribution in [3.63, 3.8) is 0 Å². The minimum Gasteiger partial charge on any atom is -0.480 e. The van der Waals surface area contributed by atoms with Crippen LogP contribution in [0.3, 0.4) is 0 Å². The van der Waals surface area contributed by atoms with E-state index in [-0.39, 0.29) is 4.90 Å². The molecule has 108 valence electrons. The third-order valence-electron chi connectivity index (χ3n) is 2.85. The fourth-order valence-corrected chi connectivity index (χ4v) is 2.95. The molecule has 2 aromatic heterocycles. The second-order valence-electron chi connectivity index (χ2n) is 4.43. The van der Waals surface area contributed by atoms with Crippen LogP contribution in [0.15, 0.2) is 17.2 Å². The Labute approximate surface area is 115 Å². The molecule has 0 bridgehead atoms. The predicted molar refractivity (Wildman–Crippen MR) is 70.7 cm³/mol. The Morgan fingerprint density at radius 3 is 2.75 bits per heavy atom. The van der Waals surface area contributed by atoms with Crippen LogP contribution in [0, 0.1) is 6.92 Å². The lowest BCUT2D eigenvalue weighted by atomic mass is 10.3. The largest absolute Gasteiger partial charge is 0.480 e. The number of carboxylic acid groups (broad SMARTS) is 1. The number of hydrogen-bond donors (Lipinski definition) is 2. The molecular formula is C11H14N4O4S. The average molecular weight is 298 g/mol. The maximum atomic E-state index is 12.1. The zero-order valence-electron chi connectivity index (χ0n) is 11.2. The number of fused-ring (bicyclic) bond motifs is 1. The third-order valence-corrected chi connectivity index (χ3v) is 4.36. The third kappa shape index (κ3) is 2.49. The number of aliphatic carboxylic acids is 1. The summed E-state index contributed by atoms with van der Waals surface area (Å²) >= 11 is 0. The van der Waals surface area contributed by atoms with Crippen LogP contribution in [0.2, 0.25) is 0 Å². The van der Waals surface area contributed by atoms with E-state index in [0.29, 0.717) is 16.7 Å². The number of pyridine rings is 1. The van der Waals surface area contributed by atoms with Gasteiger partial charge in [0.05, 0.1) is 5.69 Å². The van der Waals surface area contributed by atoms with Crippen molar-refractivity contribution < 1.29 is 18.3 Å². The molecule has 0 fully saturated rings. The number of sulfonamides is 1. The summed E-state index contributed by atoms with van der Waals surface area (Å²) in [6.07, 6.45) is 1.18. The lowest BCUT2D eigenvalue weighted by Gasteiger charge is -2.10. The predicted octanol–water partition coefficient (Wildman–Crippen LogP) is 0.0281. The van der Waals surface area contributed by atoms with E-state index in [9.17, 15) is 13.2 Å². The van der Waals surface area contributed by atoms with Gasteiger partial charge in [0.15, 0.2) is 5.65 Å². The van der Waals surface area contributed by atoms with Crippen molar-refractivity contribution in [1.82, 2.24) is 19.5 Å². The van der Waals surface area contributed by atoms with Gasteiger partial charge in [-0.1, -0.05) is 0 Å². The summed E-state index contributed by atoms with van der Waals surface area (Å²) in [6, 6.07) is 0.215. The maximum absolute atomic E-state index is 12.1. The average Bonchev–Trinajstić information content (AvgIpc) is 2.64. The normalized spacial score (nSPS) is 13.6. The SMILES string of the molecule is Cc1nn(C)c2ncc(S(=O)(=O)NC(C)C(=O)O)cc12. The van der Waals surface area contributed by atoms with Crippen LogP contribution in [0.4, 0.5) is 0 Å². The minimum absolute atomic E-state index is 0.0887. The molecule has 2 rings (SSSR count). The van der Waals surface area contributed by atoms with Crippen molar-refractivity contribution >= 4 is 27.0 Å². The first-order valence-corrected chi connectivity index (χ1v) is 7.25. The van der Waals surface area contributed by atoms with Crippen molar-refractivity contribution in [2.24, 2.45) is 7.05 Å². The Balaban J connectivity index is 2.47. The zero-order chi connectivity index (χ0) is 15.1. The summed E-state index contributed by atoms with van der Waals surface area (Å²) in [5.74, 6) is -1.25. The number of aryl methyl sites for hydroxylation is 2. The summed E-state index contributed by atoms with van der Waals surface area (Å²) in [5.41, 5.74) is 1.21. The molecule has 1 unspecified atom stereocenters. The number of hydrogen-bond acceptors (Lipinski definition) is 5. The molecule has 8 nitrogen and oxygen atoms in total. The van der Waals surface area contributed by atoms with Gasteiger partial charge in [-0.3, -0.25) is 9.48 Å². The molecule has 0 saturated heterocycles. The van der Waals surface area contributed by atoms with E-state index in [1.165, 1.54) is 19.2 Å². The van der Waals surface area contributed by atoms with Gasteiger partial charge in [0.2, 0.25) is 10.0 Å². The van der Waals surface area contributed by atoms with Gasteiger partial charge >= 0.3 is 5.97 Å². The molecule has 0 aliphatic heterocycles. The quantitative estimate of drug-likeness (QED) is 0.823. The molecule has 20 heavy (non-hydrogen) atoms. The first kappa shape index (κ1) is 14.4. The highest BCUT2D eigenvalue weighted by Gasteiger charge is 2.22. The van der Waals surface area contributed by atoms with Crippen LogP contribution in [-0.2, 0) is 21.9 Å². The number of carbonyl (C=O) groups is 1. The maximum Gasteiger partial charge on any atom is 0.321 e. The lowest BCUT2D eigenvalue weighted by molar-refractivity contribution is -0.138. The number of rotatable bonds is 4. The summed E-state index contributed by atoms with van der Waals surface area (Å²) in [4.78, 5) is 14.7.